The Morgan fingerprint density at radius 1 is 1.21 bits per heavy atom. The third kappa shape index (κ3) is 3.20. The molecule has 2 rings (SSSR count). The van der Waals surface area contributed by atoms with E-state index in [1.165, 1.54) is 5.56 Å². The lowest BCUT2D eigenvalue weighted by atomic mass is 10.0. The van der Waals surface area contributed by atoms with E-state index in [1.54, 1.807) is 0 Å². The van der Waals surface area contributed by atoms with E-state index in [9.17, 15) is 0 Å². The Bertz CT molecular complexity index is 547. The molecule has 1 N–H and O–H groups in total. The van der Waals surface area contributed by atoms with Crippen LogP contribution in [0.1, 0.15) is 42.5 Å². The fraction of sp³-hybridized carbons (Fsp3) is 0.375. The van der Waals surface area contributed by atoms with Gasteiger partial charge in [0.2, 0.25) is 0 Å². The van der Waals surface area contributed by atoms with Gasteiger partial charge < -0.3 is 9.73 Å². The molecular formula is C16H20ClNO. The lowest BCUT2D eigenvalue weighted by Gasteiger charge is -2.17. The molecule has 1 heterocycles. The molecule has 2 aromatic rings. The van der Waals surface area contributed by atoms with Crippen molar-refractivity contribution in [2.75, 3.05) is 6.54 Å². The fourth-order valence-electron chi connectivity index (χ4n) is 2.17. The largest absolute Gasteiger partial charge is 0.464 e. The third-order valence-corrected chi connectivity index (χ3v) is 3.66. The van der Waals surface area contributed by atoms with Crippen molar-refractivity contribution in [1.82, 2.24) is 5.32 Å². The van der Waals surface area contributed by atoms with Crippen molar-refractivity contribution in [1.29, 1.82) is 0 Å². The third-order valence-electron chi connectivity index (χ3n) is 3.24. The summed E-state index contributed by atoms with van der Waals surface area (Å²) in [6.07, 6.45) is 0.915. The van der Waals surface area contributed by atoms with Gasteiger partial charge in [0.1, 0.15) is 11.5 Å². The van der Waals surface area contributed by atoms with E-state index in [0.29, 0.717) is 0 Å². The molecule has 0 saturated carbocycles. The first-order valence-corrected chi connectivity index (χ1v) is 7.11. The summed E-state index contributed by atoms with van der Waals surface area (Å²) in [7, 11) is 0. The smallest absolute Gasteiger partial charge is 0.125 e. The van der Waals surface area contributed by atoms with Gasteiger partial charge in [0.05, 0.1) is 6.04 Å². The summed E-state index contributed by atoms with van der Waals surface area (Å²) in [5.74, 6) is 1.98. The van der Waals surface area contributed by atoms with Crippen LogP contribution in [0.2, 0.25) is 5.02 Å². The molecule has 0 radical (unpaired) electrons. The van der Waals surface area contributed by atoms with Crippen LogP contribution >= 0.6 is 11.6 Å². The SMILES string of the molecule is CCNC(c1ccc(Cl)c(C)c1)c1ccc(CC)o1. The summed E-state index contributed by atoms with van der Waals surface area (Å²) >= 11 is 6.09. The van der Waals surface area contributed by atoms with E-state index >= 15 is 0 Å². The molecule has 0 aliphatic rings. The van der Waals surface area contributed by atoms with Crippen LogP contribution in [0.5, 0.6) is 0 Å². The molecule has 3 heteroatoms. The molecule has 0 amide bonds. The van der Waals surface area contributed by atoms with Crippen LogP contribution in [0.4, 0.5) is 0 Å². The van der Waals surface area contributed by atoms with Gasteiger partial charge in [0, 0.05) is 11.4 Å². The average molecular weight is 278 g/mol. The maximum atomic E-state index is 6.09. The van der Waals surface area contributed by atoms with Gasteiger partial charge in [0.15, 0.2) is 0 Å². The van der Waals surface area contributed by atoms with E-state index in [0.717, 1.165) is 35.1 Å². The highest BCUT2D eigenvalue weighted by molar-refractivity contribution is 6.31. The molecule has 1 atom stereocenters. The molecule has 0 fully saturated rings. The number of nitrogens with one attached hydrogen (secondary N) is 1. The number of hydrogen-bond acceptors (Lipinski definition) is 2. The topological polar surface area (TPSA) is 25.2 Å². The van der Waals surface area contributed by atoms with Crippen LogP contribution in [0.3, 0.4) is 0 Å². The summed E-state index contributed by atoms with van der Waals surface area (Å²) in [5, 5.41) is 4.26. The molecule has 0 bridgehead atoms. The van der Waals surface area contributed by atoms with Gasteiger partial charge in [-0.15, -0.1) is 0 Å². The Balaban J connectivity index is 2.35. The molecule has 2 nitrogen and oxygen atoms in total. The Morgan fingerprint density at radius 3 is 2.58 bits per heavy atom. The molecule has 0 aliphatic heterocycles. The minimum atomic E-state index is 0.0845. The summed E-state index contributed by atoms with van der Waals surface area (Å²) < 4.78 is 5.88. The summed E-state index contributed by atoms with van der Waals surface area (Å²) in [6, 6.07) is 10.3. The first kappa shape index (κ1) is 14.2. The van der Waals surface area contributed by atoms with Crippen LogP contribution in [-0.4, -0.2) is 6.54 Å². The van der Waals surface area contributed by atoms with Gasteiger partial charge in [-0.25, -0.2) is 0 Å². The highest BCUT2D eigenvalue weighted by atomic mass is 35.5. The van der Waals surface area contributed by atoms with Crippen molar-refractivity contribution in [2.24, 2.45) is 0 Å². The monoisotopic (exact) mass is 277 g/mol. The molecule has 0 aliphatic carbocycles. The van der Waals surface area contributed by atoms with Gasteiger partial charge in [-0.1, -0.05) is 37.6 Å². The van der Waals surface area contributed by atoms with Crippen molar-refractivity contribution < 1.29 is 4.42 Å². The lowest BCUT2D eigenvalue weighted by molar-refractivity contribution is 0.426. The Hall–Kier alpha value is -1.25. The maximum Gasteiger partial charge on any atom is 0.125 e. The average Bonchev–Trinajstić information content (AvgIpc) is 2.88. The number of halogens is 1. The number of rotatable bonds is 5. The van der Waals surface area contributed by atoms with Gasteiger partial charge in [0.25, 0.3) is 0 Å². The van der Waals surface area contributed by atoms with Crippen LogP contribution in [-0.2, 0) is 6.42 Å². The number of aryl methyl sites for hydroxylation is 2. The van der Waals surface area contributed by atoms with Crippen molar-refractivity contribution in [3.8, 4) is 0 Å². The number of furan rings is 1. The van der Waals surface area contributed by atoms with Gasteiger partial charge in [-0.2, -0.15) is 0 Å². The van der Waals surface area contributed by atoms with Gasteiger partial charge in [-0.3, -0.25) is 0 Å². The van der Waals surface area contributed by atoms with Crippen molar-refractivity contribution in [3.63, 3.8) is 0 Å². The minimum Gasteiger partial charge on any atom is -0.464 e. The Labute approximate surface area is 119 Å². The van der Waals surface area contributed by atoms with E-state index in [4.69, 9.17) is 16.0 Å². The second-order valence-electron chi connectivity index (χ2n) is 4.66. The van der Waals surface area contributed by atoms with E-state index < -0.39 is 0 Å². The Kier molecular flexibility index (Phi) is 4.67. The molecule has 0 saturated heterocycles. The standard InChI is InChI=1S/C16H20ClNO/c1-4-13-7-9-15(19-13)16(18-5-2)12-6-8-14(17)11(3)10-12/h6-10,16,18H,4-5H2,1-3H3. The second kappa shape index (κ2) is 6.27. The summed E-state index contributed by atoms with van der Waals surface area (Å²) in [5.41, 5.74) is 2.27. The lowest BCUT2D eigenvalue weighted by Crippen LogP contribution is -2.21. The molecule has 1 aromatic heterocycles. The van der Waals surface area contributed by atoms with Gasteiger partial charge in [-0.05, 0) is 42.8 Å². The highest BCUT2D eigenvalue weighted by Gasteiger charge is 2.17. The van der Waals surface area contributed by atoms with Crippen LogP contribution in [0.25, 0.3) is 0 Å². The summed E-state index contributed by atoms with van der Waals surface area (Å²) in [6.45, 7) is 7.10. The minimum absolute atomic E-state index is 0.0845. The van der Waals surface area contributed by atoms with Gasteiger partial charge >= 0.3 is 0 Å². The zero-order chi connectivity index (χ0) is 13.8. The zero-order valence-corrected chi connectivity index (χ0v) is 12.4. The van der Waals surface area contributed by atoms with Crippen LogP contribution < -0.4 is 5.32 Å². The van der Waals surface area contributed by atoms with E-state index in [1.807, 2.05) is 19.1 Å². The van der Waals surface area contributed by atoms with E-state index in [2.05, 4.69) is 37.4 Å². The van der Waals surface area contributed by atoms with Crippen LogP contribution in [0, 0.1) is 6.92 Å². The predicted octanol–water partition coefficient (Wildman–Crippen LogP) is 4.50. The first-order valence-electron chi connectivity index (χ1n) is 6.73. The summed E-state index contributed by atoms with van der Waals surface area (Å²) in [4.78, 5) is 0. The maximum absolute atomic E-state index is 6.09. The first-order chi connectivity index (χ1) is 9.15. The predicted molar refractivity (Wildman–Crippen MR) is 79.8 cm³/mol. The van der Waals surface area contributed by atoms with E-state index in [-0.39, 0.29) is 6.04 Å². The number of hydrogen-bond donors (Lipinski definition) is 1. The molecule has 102 valence electrons. The number of benzene rings is 1. The highest BCUT2D eigenvalue weighted by Crippen LogP contribution is 2.27. The second-order valence-corrected chi connectivity index (χ2v) is 5.06. The quantitative estimate of drug-likeness (QED) is 0.870. The van der Waals surface area contributed by atoms with Crippen molar-refractivity contribution >= 4 is 11.6 Å². The molecule has 1 unspecified atom stereocenters. The molecule has 1 aromatic carbocycles. The Morgan fingerprint density at radius 2 is 2.00 bits per heavy atom. The molecule has 0 spiro atoms. The normalized spacial score (nSPS) is 12.6. The molecular weight excluding hydrogens is 258 g/mol. The van der Waals surface area contributed by atoms with Crippen molar-refractivity contribution in [3.05, 3.63) is 58.0 Å². The molecule has 19 heavy (non-hydrogen) atoms. The van der Waals surface area contributed by atoms with Crippen molar-refractivity contribution in [2.45, 2.75) is 33.2 Å². The zero-order valence-electron chi connectivity index (χ0n) is 11.7. The van der Waals surface area contributed by atoms with Crippen LogP contribution in [0.15, 0.2) is 34.7 Å². The fourth-order valence-corrected chi connectivity index (χ4v) is 2.29.